The zero-order valence-corrected chi connectivity index (χ0v) is 15.3. The van der Waals surface area contributed by atoms with Gasteiger partial charge in [-0.1, -0.05) is 0 Å². The Bertz CT molecular complexity index is 899. The molecule has 3 rings (SSSR count). The number of rotatable bonds is 6. The molecule has 0 radical (unpaired) electrons. The molecule has 28 heavy (non-hydrogen) atoms. The number of anilines is 2. The third-order valence-corrected chi connectivity index (χ3v) is 4.55. The Balaban J connectivity index is 1.83. The van der Waals surface area contributed by atoms with E-state index in [9.17, 15) is 14.9 Å². The third kappa shape index (κ3) is 4.57. The molecule has 0 atom stereocenters. The van der Waals surface area contributed by atoms with E-state index in [4.69, 9.17) is 10.00 Å². The lowest BCUT2D eigenvalue weighted by atomic mass is 10.1. The maximum atomic E-state index is 12.9. The van der Waals surface area contributed by atoms with Gasteiger partial charge in [-0.3, -0.25) is 14.9 Å². The van der Waals surface area contributed by atoms with E-state index in [1.54, 1.807) is 30.3 Å². The lowest BCUT2D eigenvalue weighted by molar-refractivity contribution is -0.384. The van der Waals surface area contributed by atoms with Crippen LogP contribution in [-0.2, 0) is 0 Å². The summed E-state index contributed by atoms with van der Waals surface area (Å²) < 4.78 is 5.18. The fourth-order valence-electron chi connectivity index (χ4n) is 3.18. The van der Waals surface area contributed by atoms with Gasteiger partial charge in [0.1, 0.15) is 11.8 Å². The number of hydrogen-bond donors (Lipinski definition) is 1. The van der Waals surface area contributed by atoms with E-state index < -0.39 is 10.8 Å². The number of nitrogens with zero attached hydrogens (tertiary/aromatic N) is 3. The number of nitrogens with one attached hydrogen (secondary N) is 1. The van der Waals surface area contributed by atoms with Crippen LogP contribution in [0, 0.1) is 21.4 Å². The molecule has 0 saturated carbocycles. The highest BCUT2D eigenvalue weighted by molar-refractivity contribution is 6.08. The predicted octanol–water partition coefficient (Wildman–Crippen LogP) is 3.74. The van der Waals surface area contributed by atoms with Gasteiger partial charge >= 0.3 is 0 Å². The van der Waals surface area contributed by atoms with Gasteiger partial charge in [0.15, 0.2) is 6.61 Å². The van der Waals surface area contributed by atoms with Crippen molar-refractivity contribution in [3.63, 3.8) is 0 Å². The van der Waals surface area contributed by atoms with Crippen molar-refractivity contribution < 1.29 is 14.5 Å². The van der Waals surface area contributed by atoms with Gasteiger partial charge in [0, 0.05) is 30.9 Å². The van der Waals surface area contributed by atoms with E-state index >= 15 is 0 Å². The van der Waals surface area contributed by atoms with E-state index in [1.165, 1.54) is 12.1 Å². The molecule has 0 spiro atoms. The van der Waals surface area contributed by atoms with E-state index in [2.05, 4.69) is 10.2 Å². The van der Waals surface area contributed by atoms with Crippen LogP contribution < -0.4 is 15.0 Å². The molecule has 2 aromatic carbocycles. The molecule has 1 aliphatic heterocycles. The van der Waals surface area contributed by atoms with Crippen LogP contribution in [0.4, 0.5) is 17.1 Å². The summed E-state index contributed by atoms with van der Waals surface area (Å²) in [6.07, 6.45) is 3.20. The van der Waals surface area contributed by atoms with Gasteiger partial charge in [-0.2, -0.15) is 5.26 Å². The van der Waals surface area contributed by atoms with Crippen LogP contribution in [0.1, 0.15) is 29.6 Å². The number of nitro groups is 1. The first-order chi connectivity index (χ1) is 13.6. The maximum Gasteiger partial charge on any atom is 0.270 e. The molecule has 0 unspecified atom stereocenters. The maximum absolute atomic E-state index is 12.9. The average molecular weight is 380 g/mol. The number of carbonyl (C=O) groups excluding carboxylic acids is 1. The number of amides is 1. The Hall–Kier alpha value is -3.60. The van der Waals surface area contributed by atoms with Gasteiger partial charge in [0.2, 0.25) is 0 Å². The van der Waals surface area contributed by atoms with Crippen molar-refractivity contribution in [2.75, 3.05) is 29.9 Å². The van der Waals surface area contributed by atoms with Crippen molar-refractivity contribution in [1.82, 2.24) is 0 Å². The number of non-ortho nitro benzene ring substituents is 1. The molecule has 1 aliphatic rings. The summed E-state index contributed by atoms with van der Waals surface area (Å²) in [5.74, 6) is 0.110. The fraction of sp³-hybridized carbons (Fsp3) is 0.300. The van der Waals surface area contributed by atoms with Crippen molar-refractivity contribution in [3.05, 3.63) is 58.1 Å². The quantitative estimate of drug-likeness (QED) is 0.604. The van der Waals surface area contributed by atoms with Crippen LogP contribution in [0.15, 0.2) is 42.5 Å². The zero-order chi connectivity index (χ0) is 19.9. The number of benzene rings is 2. The van der Waals surface area contributed by atoms with Crippen LogP contribution in [-0.4, -0.2) is 30.5 Å². The molecule has 2 aromatic rings. The second kappa shape index (κ2) is 8.86. The standard InChI is InChI=1S/C20H20N4O4/c21-10-13-28-17-7-4-15(5-8-17)22-20(25)18-14-16(24(26)27)6-9-19(18)23-11-2-1-3-12-23/h4-9,14H,1-3,11-13H2,(H,22,25). The molecule has 0 aromatic heterocycles. The highest BCUT2D eigenvalue weighted by Gasteiger charge is 2.22. The Labute approximate surface area is 162 Å². The van der Waals surface area contributed by atoms with E-state index in [-0.39, 0.29) is 17.9 Å². The van der Waals surface area contributed by atoms with Crippen molar-refractivity contribution >= 4 is 23.0 Å². The van der Waals surface area contributed by atoms with Gasteiger partial charge in [-0.15, -0.1) is 0 Å². The minimum atomic E-state index is -0.502. The predicted molar refractivity (Wildman–Crippen MR) is 105 cm³/mol. The number of nitro benzene ring substituents is 1. The first-order valence-electron chi connectivity index (χ1n) is 9.03. The Morgan fingerprint density at radius 1 is 1.18 bits per heavy atom. The van der Waals surface area contributed by atoms with Crippen molar-refractivity contribution in [1.29, 1.82) is 5.26 Å². The molecular formula is C20H20N4O4. The van der Waals surface area contributed by atoms with Crippen LogP contribution in [0.3, 0.4) is 0 Å². The fourth-order valence-corrected chi connectivity index (χ4v) is 3.18. The first-order valence-corrected chi connectivity index (χ1v) is 9.03. The van der Waals surface area contributed by atoms with Gasteiger partial charge in [-0.05, 0) is 49.6 Å². The van der Waals surface area contributed by atoms with Crippen LogP contribution >= 0.6 is 0 Å². The molecule has 1 heterocycles. The summed E-state index contributed by atoms with van der Waals surface area (Å²) in [7, 11) is 0. The van der Waals surface area contributed by atoms with Gasteiger partial charge in [0.05, 0.1) is 16.2 Å². The molecule has 144 valence electrons. The summed E-state index contributed by atoms with van der Waals surface area (Å²) in [4.78, 5) is 25.6. The van der Waals surface area contributed by atoms with Crippen LogP contribution in [0.25, 0.3) is 0 Å². The van der Waals surface area contributed by atoms with Gasteiger partial charge in [0.25, 0.3) is 11.6 Å². The van der Waals surface area contributed by atoms with E-state index in [1.807, 2.05) is 6.07 Å². The molecule has 0 bridgehead atoms. The lowest BCUT2D eigenvalue weighted by Gasteiger charge is -2.30. The van der Waals surface area contributed by atoms with Gasteiger partial charge < -0.3 is 15.0 Å². The molecule has 1 fully saturated rings. The first kappa shape index (κ1) is 19.2. The zero-order valence-electron chi connectivity index (χ0n) is 15.3. The Morgan fingerprint density at radius 3 is 2.54 bits per heavy atom. The largest absolute Gasteiger partial charge is 0.479 e. The average Bonchev–Trinajstić information content (AvgIpc) is 2.73. The van der Waals surface area contributed by atoms with Gasteiger partial charge in [-0.25, -0.2) is 0 Å². The number of piperidine rings is 1. The molecule has 1 saturated heterocycles. The van der Waals surface area contributed by atoms with Crippen LogP contribution in [0.2, 0.25) is 0 Å². The van der Waals surface area contributed by atoms with E-state index in [0.717, 1.165) is 32.4 Å². The van der Waals surface area contributed by atoms with Crippen molar-refractivity contribution in [2.24, 2.45) is 0 Å². The molecular weight excluding hydrogens is 360 g/mol. The Morgan fingerprint density at radius 2 is 1.89 bits per heavy atom. The van der Waals surface area contributed by atoms with Crippen molar-refractivity contribution in [2.45, 2.75) is 19.3 Å². The SMILES string of the molecule is N#CCOc1ccc(NC(=O)c2cc([N+](=O)[O-])ccc2N2CCCCC2)cc1. The number of carbonyl (C=O) groups is 1. The molecule has 8 heteroatoms. The monoisotopic (exact) mass is 380 g/mol. The summed E-state index contributed by atoms with van der Waals surface area (Å²) >= 11 is 0. The molecule has 1 amide bonds. The second-order valence-electron chi connectivity index (χ2n) is 6.43. The minimum Gasteiger partial charge on any atom is -0.479 e. The van der Waals surface area contributed by atoms with Crippen LogP contribution in [0.5, 0.6) is 5.75 Å². The smallest absolute Gasteiger partial charge is 0.270 e. The summed E-state index contributed by atoms with van der Waals surface area (Å²) in [6.45, 7) is 1.59. The topological polar surface area (TPSA) is 108 Å². The normalized spacial score (nSPS) is 13.5. The highest BCUT2D eigenvalue weighted by atomic mass is 16.6. The number of hydrogen-bond acceptors (Lipinski definition) is 6. The lowest BCUT2D eigenvalue weighted by Crippen LogP contribution is -2.31. The Kier molecular flexibility index (Phi) is 6.07. The van der Waals surface area contributed by atoms with Crippen molar-refractivity contribution in [3.8, 4) is 11.8 Å². The minimum absolute atomic E-state index is 0.0570. The molecule has 0 aliphatic carbocycles. The second-order valence-corrected chi connectivity index (χ2v) is 6.43. The van der Waals surface area contributed by atoms with E-state index in [0.29, 0.717) is 17.1 Å². The molecule has 1 N–H and O–H groups in total. The third-order valence-electron chi connectivity index (χ3n) is 4.55. The number of nitriles is 1. The summed E-state index contributed by atoms with van der Waals surface area (Å²) in [5, 5.41) is 22.5. The summed E-state index contributed by atoms with van der Waals surface area (Å²) in [5.41, 5.74) is 1.40. The highest BCUT2D eigenvalue weighted by Crippen LogP contribution is 2.29. The number of ether oxygens (including phenoxy) is 1. The molecule has 8 nitrogen and oxygen atoms in total. The summed E-state index contributed by atoms with van der Waals surface area (Å²) in [6, 6.07) is 12.9.